The lowest BCUT2D eigenvalue weighted by molar-refractivity contribution is 0.257. The van der Waals surface area contributed by atoms with Crippen molar-refractivity contribution in [3.8, 4) is 16.9 Å². The lowest BCUT2D eigenvalue weighted by Crippen LogP contribution is -2.48. The van der Waals surface area contributed by atoms with E-state index < -0.39 is 0 Å². The van der Waals surface area contributed by atoms with Gasteiger partial charge in [0.1, 0.15) is 0 Å². The number of aryl methyl sites for hydroxylation is 1. The Kier molecular flexibility index (Phi) is 8.68. The lowest BCUT2D eigenvalue weighted by Gasteiger charge is -2.37. The molecule has 0 saturated carbocycles. The highest BCUT2D eigenvalue weighted by atomic mass is 15.3. The molecule has 0 radical (unpaired) electrons. The maximum atomic E-state index is 5.04. The minimum Gasteiger partial charge on any atom is -0.372 e. The summed E-state index contributed by atoms with van der Waals surface area (Å²) in [6.45, 7) is 14.0. The Bertz CT molecular complexity index is 1400. The average molecular weight is 549 g/mol. The summed E-state index contributed by atoms with van der Waals surface area (Å²) < 4.78 is 2.10. The van der Waals surface area contributed by atoms with Gasteiger partial charge in [0.15, 0.2) is 0 Å². The van der Waals surface area contributed by atoms with E-state index in [1.54, 1.807) is 0 Å². The van der Waals surface area contributed by atoms with Crippen LogP contribution in [0.2, 0.25) is 0 Å². The zero-order chi connectivity index (χ0) is 28.0. The number of benzene rings is 3. The summed E-state index contributed by atoms with van der Waals surface area (Å²) in [5.74, 6) is 0. The molecule has 214 valence electrons. The van der Waals surface area contributed by atoms with Crippen LogP contribution < -0.4 is 15.1 Å². The highest BCUT2D eigenvalue weighted by Crippen LogP contribution is 2.28. The van der Waals surface area contributed by atoms with Crippen LogP contribution in [0.5, 0.6) is 0 Å². The van der Waals surface area contributed by atoms with Crippen LogP contribution >= 0.6 is 0 Å². The minimum atomic E-state index is 0.765. The van der Waals surface area contributed by atoms with Gasteiger partial charge < -0.3 is 15.1 Å². The fourth-order valence-corrected chi connectivity index (χ4v) is 6.23. The molecule has 0 unspecified atom stereocenters. The first-order valence-corrected chi connectivity index (χ1v) is 15.4. The molecule has 1 N–H and O–H groups in total. The average Bonchev–Trinajstić information content (AvgIpc) is 3.46. The monoisotopic (exact) mass is 548 g/mol. The SMILES string of the molecule is Cc1cccc(N2CCN(CCNCc3cc(-c4ccc(N5CCCCC5)cc4)n(-c4ccccc4)n3)CC2)c1C. The number of hydrogen-bond donors (Lipinski definition) is 1. The predicted molar refractivity (Wildman–Crippen MR) is 171 cm³/mol. The second-order valence-corrected chi connectivity index (χ2v) is 11.6. The summed E-state index contributed by atoms with van der Waals surface area (Å²) in [5, 5.41) is 8.70. The van der Waals surface area contributed by atoms with Gasteiger partial charge in [-0.1, -0.05) is 42.5 Å². The summed E-state index contributed by atoms with van der Waals surface area (Å²) in [7, 11) is 0. The highest BCUT2D eigenvalue weighted by Gasteiger charge is 2.19. The summed E-state index contributed by atoms with van der Waals surface area (Å²) in [5.41, 5.74) is 10.0. The third-order valence-electron chi connectivity index (χ3n) is 8.84. The zero-order valence-electron chi connectivity index (χ0n) is 24.7. The number of piperidine rings is 1. The fourth-order valence-electron chi connectivity index (χ4n) is 6.23. The molecule has 0 bridgehead atoms. The van der Waals surface area contributed by atoms with E-state index in [-0.39, 0.29) is 0 Å². The minimum absolute atomic E-state index is 0.765. The van der Waals surface area contributed by atoms with Crippen LogP contribution in [-0.4, -0.2) is 67.0 Å². The van der Waals surface area contributed by atoms with E-state index in [9.17, 15) is 0 Å². The Hall–Kier alpha value is -3.61. The quantitative estimate of drug-likeness (QED) is 0.258. The molecule has 0 aliphatic carbocycles. The van der Waals surface area contributed by atoms with Crippen LogP contribution in [0.25, 0.3) is 16.9 Å². The van der Waals surface area contributed by atoms with Crippen molar-refractivity contribution >= 4 is 11.4 Å². The molecule has 6 rings (SSSR count). The Labute approximate surface area is 245 Å². The topological polar surface area (TPSA) is 39.6 Å². The Morgan fingerprint density at radius 3 is 2.22 bits per heavy atom. The number of nitrogens with zero attached hydrogens (tertiary/aromatic N) is 5. The number of para-hydroxylation sites is 1. The van der Waals surface area contributed by atoms with Crippen molar-refractivity contribution in [3.05, 3.63) is 95.7 Å². The van der Waals surface area contributed by atoms with Crippen LogP contribution in [0.4, 0.5) is 11.4 Å². The lowest BCUT2D eigenvalue weighted by atomic mass is 10.1. The van der Waals surface area contributed by atoms with E-state index in [4.69, 9.17) is 5.10 Å². The molecular formula is C35H44N6. The normalized spacial score (nSPS) is 16.3. The van der Waals surface area contributed by atoms with Gasteiger partial charge in [0.25, 0.3) is 0 Å². The van der Waals surface area contributed by atoms with Crippen LogP contribution in [0.3, 0.4) is 0 Å². The maximum Gasteiger partial charge on any atom is 0.0773 e. The third-order valence-corrected chi connectivity index (χ3v) is 8.84. The smallest absolute Gasteiger partial charge is 0.0773 e. The van der Waals surface area contributed by atoms with Crippen molar-refractivity contribution in [3.63, 3.8) is 0 Å². The summed E-state index contributed by atoms with van der Waals surface area (Å²) in [4.78, 5) is 7.64. The molecule has 2 aliphatic heterocycles. The highest BCUT2D eigenvalue weighted by molar-refractivity contribution is 5.66. The molecule has 4 aromatic rings. The molecular weight excluding hydrogens is 504 g/mol. The van der Waals surface area contributed by atoms with Gasteiger partial charge in [0.2, 0.25) is 0 Å². The van der Waals surface area contributed by atoms with E-state index in [1.165, 1.54) is 60.4 Å². The first-order chi connectivity index (χ1) is 20.2. The van der Waals surface area contributed by atoms with E-state index >= 15 is 0 Å². The predicted octanol–water partition coefficient (Wildman–Crippen LogP) is 6.06. The standard InChI is InChI=1S/C35H44N6/c1-28-10-9-13-34(29(28)2)40-24-22-38(23-25-40)21-18-36-27-31-26-35(41(37-31)33-11-5-3-6-12-33)30-14-16-32(17-15-30)39-19-7-4-8-20-39/h3,5-6,9-17,26,36H,4,7-8,18-25,27H2,1-2H3. The van der Waals surface area contributed by atoms with Gasteiger partial charge in [-0.15, -0.1) is 0 Å². The summed E-state index contributed by atoms with van der Waals surface area (Å²) in [6.07, 6.45) is 3.94. The molecule has 2 fully saturated rings. The number of nitrogens with one attached hydrogen (secondary N) is 1. The largest absolute Gasteiger partial charge is 0.372 e. The van der Waals surface area contributed by atoms with Crippen LogP contribution in [-0.2, 0) is 6.54 Å². The number of piperazine rings is 1. The third kappa shape index (κ3) is 6.50. The number of aromatic nitrogens is 2. The first-order valence-electron chi connectivity index (χ1n) is 15.4. The van der Waals surface area contributed by atoms with Gasteiger partial charge in [-0.25, -0.2) is 4.68 Å². The number of anilines is 2. The van der Waals surface area contributed by atoms with Crippen LogP contribution in [0, 0.1) is 13.8 Å². The van der Waals surface area contributed by atoms with Crippen molar-refractivity contribution in [1.29, 1.82) is 0 Å². The van der Waals surface area contributed by atoms with Gasteiger partial charge >= 0.3 is 0 Å². The van der Waals surface area contributed by atoms with Gasteiger partial charge in [-0.2, -0.15) is 5.10 Å². The Balaban J connectivity index is 1.06. The molecule has 3 heterocycles. The summed E-state index contributed by atoms with van der Waals surface area (Å²) >= 11 is 0. The molecule has 0 spiro atoms. The molecule has 3 aromatic carbocycles. The molecule has 6 heteroatoms. The van der Waals surface area contributed by atoms with Crippen molar-refractivity contribution in [2.24, 2.45) is 0 Å². The van der Waals surface area contributed by atoms with E-state index in [1.807, 2.05) is 0 Å². The number of hydrogen-bond acceptors (Lipinski definition) is 5. The van der Waals surface area contributed by atoms with E-state index in [0.29, 0.717) is 0 Å². The molecule has 0 atom stereocenters. The van der Waals surface area contributed by atoms with E-state index in [0.717, 1.165) is 62.9 Å². The second-order valence-electron chi connectivity index (χ2n) is 11.6. The first kappa shape index (κ1) is 27.6. The van der Waals surface area contributed by atoms with Gasteiger partial charge in [-0.05, 0) is 80.6 Å². The fraction of sp³-hybridized carbons (Fsp3) is 0.400. The van der Waals surface area contributed by atoms with Crippen LogP contribution in [0.1, 0.15) is 36.1 Å². The van der Waals surface area contributed by atoms with Crippen molar-refractivity contribution in [2.45, 2.75) is 39.7 Å². The van der Waals surface area contributed by atoms with Gasteiger partial charge in [0, 0.05) is 75.8 Å². The molecule has 6 nitrogen and oxygen atoms in total. The van der Waals surface area contributed by atoms with Crippen molar-refractivity contribution in [1.82, 2.24) is 20.0 Å². The molecule has 0 amide bonds. The Morgan fingerprint density at radius 1 is 0.707 bits per heavy atom. The zero-order valence-corrected chi connectivity index (χ0v) is 24.7. The molecule has 1 aromatic heterocycles. The van der Waals surface area contributed by atoms with Gasteiger partial charge in [0.05, 0.1) is 17.1 Å². The van der Waals surface area contributed by atoms with Crippen molar-refractivity contribution < 1.29 is 0 Å². The van der Waals surface area contributed by atoms with Crippen LogP contribution in [0.15, 0.2) is 78.9 Å². The summed E-state index contributed by atoms with van der Waals surface area (Å²) in [6, 6.07) is 28.5. The second kappa shape index (κ2) is 12.9. The molecule has 2 aliphatic rings. The maximum absolute atomic E-state index is 5.04. The van der Waals surface area contributed by atoms with E-state index in [2.05, 4.69) is 117 Å². The number of rotatable bonds is 9. The Morgan fingerprint density at radius 2 is 1.46 bits per heavy atom. The molecule has 2 saturated heterocycles. The van der Waals surface area contributed by atoms with Gasteiger partial charge in [-0.3, -0.25) is 4.90 Å². The van der Waals surface area contributed by atoms with Crippen molar-refractivity contribution in [2.75, 3.05) is 62.2 Å². The molecule has 41 heavy (non-hydrogen) atoms.